The minimum atomic E-state index is 0.139. The number of benzene rings is 1. The Morgan fingerprint density at radius 3 is 2.95 bits per heavy atom. The maximum atomic E-state index is 11.8. The number of nitrogens with zero attached hydrogens (tertiary/aromatic N) is 1. The lowest BCUT2D eigenvalue weighted by Gasteiger charge is -2.10. The number of hydrogen-bond acceptors (Lipinski definition) is 4. The summed E-state index contributed by atoms with van der Waals surface area (Å²) in [5.74, 6) is 0.839. The van der Waals surface area contributed by atoms with Crippen LogP contribution in [0, 0.1) is 0 Å². The number of aromatic nitrogens is 1. The first-order valence-electron chi connectivity index (χ1n) is 7.09. The molecule has 1 aliphatic rings. The molecule has 1 heterocycles. The average Bonchev–Trinajstić information content (AvgIpc) is 3.07. The van der Waals surface area contributed by atoms with Crippen LogP contribution in [0.4, 0.5) is 0 Å². The molecule has 20 heavy (non-hydrogen) atoms. The van der Waals surface area contributed by atoms with E-state index in [1.165, 1.54) is 24.6 Å². The van der Waals surface area contributed by atoms with E-state index >= 15 is 0 Å². The first-order valence-corrected chi connectivity index (χ1v) is 8.07. The predicted octanol–water partition coefficient (Wildman–Crippen LogP) is 3.37. The third-order valence-corrected chi connectivity index (χ3v) is 4.38. The molecule has 1 aromatic carbocycles. The molecule has 0 bridgehead atoms. The van der Waals surface area contributed by atoms with E-state index < -0.39 is 0 Å². The molecule has 2 aromatic rings. The highest BCUT2D eigenvalue weighted by molar-refractivity contribution is 7.99. The standard InChI is InChI=1S/C15H18N2O2S/c18-14(16-11-5-1-2-6-11)9-10-20-15-17-12-7-3-4-8-13(12)19-15/h3-4,7-8,11H,1-2,5-6,9-10H2,(H,16,18). The number of nitrogens with one attached hydrogen (secondary N) is 1. The van der Waals surface area contributed by atoms with Gasteiger partial charge in [-0.15, -0.1) is 0 Å². The van der Waals surface area contributed by atoms with Crippen LogP contribution in [0.25, 0.3) is 11.1 Å². The second kappa shape index (κ2) is 6.31. The Bertz CT molecular complexity index is 557. The lowest BCUT2D eigenvalue weighted by Crippen LogP contribution is -2.32. The summed E-state index contributed by atoms with van der Waals surface area (Å²) in [5.41, 5.74) is 1.66. The molecule has 5 heteroatoms. The molecule has 106 valence electrons. The fourth-order valence-corrected chi connectivity index (χ4v) is 3.29. The number of oxazole rings is 1. The molecule has 4 nitrogen and oxygen atoms in total. The lowest BCUT2D eigenvalue weighted by molar-refractivity contribution is -0.121. The summed E-state index contributed by atoms with van der Waals surface area (Å²) in [7, 11) is 0. The first-order chi connectivity index (χ1) is 9.81. The van der Waals surface area contributed by atoms with E-state index in [0.717, 1.165) is 23.9 Å². The molecule has 1 aliphatic carbocycles. The zero-order valence-corrected chi connectivity index (χ0v) is 12.1. The number of thioether (sulfide) groups is 1. The minimum Gasteiger partial charge on any atom is -0.431 e. The number of amides is 1. The fraction of sp³-hybridized carbons (Fsp3) is 0.467. The largest absolute Gasteiger partial charge is 0.431 e. The molecule has 1 fully saturated rings. The Balaban J connectivity index is 1.45. The number of para-hydroxylation sites is 2. The Hall–Kier alpha value is -1.49. The van der Waals surface area contributed by atoms with E-state index in [9.17, 15) is 4.79 Å². The average molecular weight is 290 g/mol. The highest BCUT2D eigenvalue weighted by Gasteiger charge is 2.17. The molecule has 0 atom stereocenters. The maximum Gasteiger partial charge on any atom is 0.256 e. The SMILES string of the molecule is O=C(CCSc1nc2ccccc2o1)NC1CCCC1. The van der Waals surface area contributed by atoms with Gasteiger partial charge in [-0.2, -0.15) is 0 Å². The van der Waals surface area contributed by atoms with E-state index in [1.54, 1.807) is 0 Å². The van der Waals surface area contributed by atoms with Gasteiger partial charge in [0, 0.05) is 18.2 Å². The minimum absolute atomic E-state index is 0.139. The number of rotatable bonds is 5. The van der Waals surface area contributed by atoms with Crippen molar-refractivity contribution in [2.75, 3.05) is 5.75 Å². The van der Waals surface area contributed by atoms with Crippen molar-refractivity contribution in [2.24, 2.45) is 0 Å². The molecule has 0 spiro atoms. The van der Waals surface area contributed by atoms with Crippen molar-refractivity contribution < 1.29 is 9.21 Å². The quantitative estimate of drug-likeness (QED) is 0.858. The van der Waals surface area contributed by atoms with Gasteiger partial charge in [0.2, 0.25) is 5.91 Å². The highest BCUT2D eigenvalue weighted by Crippen LogP contribution is 2.23. The Labute approximate surface area is 122 Å². The van der Waals surface area contributed by atoms with Gasteiger partial charge in [-0.05, 0) is 25.0 Å². The van der Waals surface area contributed by atoms with Crippen molar-refractivity contribution in [1.82, 2.24) is 10.3 Å². The normalized spacial score (nSPS) is 15.8. The summed E-state index contributed by atoms with van der Waals surface area (Å²) in [4.78, 5) is 16.2. The number of fused-ring (bicyclic) bond motifs is 1. The Morgan fingerprint density at radius 1 is 1.35 bits per heavy atom. The zero-order chi connectivity index (χ0) is 13.8. The summed E-state index contributed by atoms with van der Waals surface area (Å²) in [6, 6.07) is 8.09. The van der Waals surface area contributed by atoms with E-state index in [0.29, 0.717) is 23.4 Å². The third kappa shape index (κ3) is 3.33. The van der Waals surface area contributed by atoms with E-state index in [-0.39, 0.29) is 5.91 Å². The van der Waals surface area contributed by atoms with E-state index in [2.05, 4.69) is 10.3 Å². The van der Waals surface area contributed by atoms with Crippen LogP contribution in [0.3, 0.4) is 0 Å². The van der Waals surface area contributed by atoms with E-state index in [4.69, 9.17) is 4.42 Å². The van der Waals surface area contributed by atoms with Gasteiger partial charge < -0.3 is 9.73 Å². The maximum absolute atomic E-state index is 11.8. The van der Waals surface area contributed by atoms with Gasteiger partial charge in [-0.25, -0.2) is 4.98 Å². The molecule has 3 rings (SSSR count). The van der Waals surface area contributed by atoms with Crippen molar-refractivity contribution in [3.05, 3.63) is 24.3 Å². The van der Waals surface area contributed by atoms with Gasteiger partial charge in [0.25, 0.3) is 5.22 Å². The van der Waals surface area contributed by atoms with Crippen LogP contribution >= 0.6 is 11.8 Å². The monoisotopic (exact) mass is 290 g/mol. The molecular formula is C15H18N2O2S. The molecule has 1 N–H and O–H groups in total. The third-order valence-electron chi connectivity index (χ3n) is 3.55. The van der Waals surface area contributed by atoms with Crippen LogP contribution in [0.2, 0.25) is 0 Å². The molecule has 0 aliphatic heterocycles. The van der Waals surface area contributed by atoms with Gasteiger partial charge >= 0.3 is 0 Å². The molecule has 0 saturated heterocycles. The Kier molecular flexibility index (Phi) is 4.25. The molecule has 1 aromatic heterocycles. The van der Waals surface area contributed by atoms with Gasteiger partial charge in [0.15, 0.2) is 5.58 Å². The van der Waals surface area contributed by atoms with Gasteiger partial charge in [-0.1, -0.05) is 36.7 Å². The first kappa shape index (κ1) is 13.5. The Morgan fingerprint density at radius 2 is 2.15 bits per heavy atom. The van der Waals surface area contributed by atoms with Crippen LogP contribution in [0.1, 0.15) is 32.1 Å². The smallest absolute Gasteiger partial charge is 0.256 e. The van der Waals surface area contributed by atoms with Gasteiger partial charge in [0.1, 0.15) is 5.52 Å². The predicted molar refractivity (Wildman–Crippen MR) is 79.7 cm³/mol. The van der Waals surface area contributed by atoms with Gasteiger partial charge in [-0.3, -0.25) is 4.79 Å². The van der Waals surface area contributed by atoms with Crippen LogP contribution in [0.15, 0.2) is 33.9 Å². The van der Waals surface area contributed by atoms with Crippen molar-refractivity contribution in [3.8, 4) is 0 Å². The number of hydrogen-bond donors (Lipinski definition) is 1. The highest BCUT2D eigenvalue weighted by atomic mass is 32.2. The second-order valence-electron chi connectivity index (χ2n) is 5.09. The van der Waals surface area contributed by atoms with E-state index in [1.807, 2.05) is 24.3 Å². The van der Waals surface area contributed by atoms with Crippen molar-refractivity contribution >= 4 is 28.8 Å². The molecule has 0 unspecified atom stereocenters. The van der Waals surface area contributed by atoms with Crippen LogP contribution < -0.4 is 5.32 Å². The summed E-state index contributed by atoms with van der Waals surface area (Å²) >= 11 is 1.49. The van der Waals surface area contributed by atoms with Gasteiger partial charge in [0.05, 0.1) is 0 Å². The molecule has 1 amide bonds. The van der Waals surface area contributed by atoms with Crippen LogP contribution in [-0.2, 0) is 4.79 Å². The number of carbonyl (C=O) groups excluding carboxylic acids is 1. The van der Waals surface area contributed by atoms with Crippen LogP contribution in [0.5, 0.6) is 0 Å². The summed E-state index contributed by atoms with van der Waals surface area (Å²) < 4.78 is 5.60. The van der Waals surface area contributed by atoms with Crippen molar-refractivity contribution in [3.63, 3.8) is 0 Å². The molecule has 0 radical (unpaired) electrons. The summed E-state index contributed by atoms with van der Waals surface area (Å²) in [6.07, 6.45) is 5.25. The molecular weight excluding hydrogens is 272 g/mol. The second-order valence-corrected chi connectivity index (χ2v) is 6.14. The number of carbonyl (C=O) groups is 1. The summed E-state index contributed by atoms with van der Waals surface area (Å²) in [6.45, 7) is 0. The van der Waals surface area contributed by atoms with Crippen LogP contribution in [-0.4, -0.2) is 22.7 Å². The summed E-state index contributed by atoms with van der Waals surface area (Å²) in [5, 5.41) is 3.73. The van der Waals surface area contributed by atoms with Crippen molar-refractivity contribution in [2.45, 2.75) is 43.4 Å². The zero-order valence-electron chi connectivity index (χ0n) is 11.3. The lowest BCUT2D eigenvalue weighted by atomic mass is 10.2. The topological polar surface area (TPSA) is 55.1 Å². The molecule has 1 saturated carbocycles. The van der Waals surface area contributed by atoms with Crippen molar-refractivity contribution in [1.29, 1.82) is 0 Å². The fourth-order valence-electron chi connectivity index (χ4n) is 2.51.